The molecule has 1 aliphatic rings. The van der Waals surface area contributed by atoms with Crippen LogP contribution in [-0.4, -0.2) is 49.8 Å². The fourth-order valence-electron chi connectivity index (χ4n) is 5.78. The molecule has 59 heavy (non-hydrogen) atoms. The molecule has 0 radical (unpaired) electrons. The number of anilines is 3. The van der Waals surface area contributed by atoms with E-state index in [9.17, 15) is 4.79 Å². The number of rotatable bonds is 6. The van der Waals surface area contributed by atoms with E-state index in [0.29, 0.717) is 51.4 Å². The van der Waals surface area contributed by atoms with Crippen LogP contribution in [0.3, 0.4) is 0 Å². The third-order valence-corrected chi connectivity index (χ3v) is 8.91. The Bertz CT molecular complexity index is 2380. The van der Waals surface area contributed by atoms with Crippen molar-refractivity contribution in [3.63, 3.8) is 0 Å². The van der Waals surface area contributed by atoms with Gasteiger partial charge in [0.25, 0.3) is 5.91 Å². The molecule has 1 saturated heterocycles. The van der Waals surface area contributed by atoms with Gasteiger partial charge in [-0.05, 0) is 119 Å². The molecule has 1 fully saturated rings. The van der Waals surface area contributed by atoms with Crippen molar-refractivity contribution in [2.75, 3.05) is 30.4 Å². The molecule has 5 aromatic heterocycles. The molecule has 7 rings (SSSR count). The zero-order valence-electron chi connectivity index (χ0n) is 34.8. The molecule has 8 N–H and O–H groups in total. The van der Waals surface area contributed by atoms with E-state index >= 15 is 0 Å². The van der Waals surface area contributed by atoms with Gasteiger partial charge in [-0.15, -0.1) is 0 Å². The fourth-order valence-corrected chi connectivity index (χ4v) is 5.95. The predicted molar refractivity (Wildman–Crippen MR) is 234 cm³/mol. The van der Waals surface area contributed by atoms with Gasteiger partial charge in [-0.3, -0.25) is 14.8 Å². The number of hydrogen-bond acceptors (Lipinski definition) is 12. The second-order valence-corrected chi connectivity index (χ2v) is 13.7. The number of amides is 1. The molecule has 6 heterocycles. The van der Waals surface area contributed by atoms with E-state index in [2.05, 4.69) is 30.2 Å². The van der Waals surface area contributed by atoms with E-state index in [1.165, 1.54) is 12.8 Å². The first-order chi connectivity index (χ1) is 27.2. The van der Waals surface area contributed by atoms with Crippen LogP contribution >= 0.6 is 11.6 Å². The van der Waals surface area contributed by atoms with E-state index in [-0.39, 0.29) is 38.2 Å². The van der Waals surface area contributed by atoms with Gasteiger partial charge in [0.05, 0.1) is 27.8 Å². The van der Waals surface area contributed by atoms with Gasteiger partial charge in [0.15, 0.2) is 0 Å². The van der Waals surface area contributed by atoms with E-state index in [4.69, 9.17) is 44.2 Å². The van der Waals surface area contributed by atoms with Crippen molar-refractivity contribution in [3.8, 4) is 6.07 Å². The number of halogens is 1. The zero-order valence-corrected chi connectivity index (χ0v) is 35.6. The summed E-state index contributed by atoms with van der Waals surface area (Å²) in [5, 5.41) is 20.4. The maximum absolute atomic E-state index is 12.8. The number of ether oxygens (including phenoxy) is 1. The van der Waals surface area contributed by atoms with Crippen LogP contribution < -0.4 is 41.4 Å². The van der Waals surface area contributed by atoms with E-state index in [1.54, 1.807) is 56.6 Å². The Balaban J connectivity index is 0.000000348. The Morgan fingerprint density at radius 3 is 2.08 bits per heavy atom. The molecule has 13 nitrogen and oxygen atoms in total. The minimum Gasteiger partial charge on any atom is -0.384 e. The number of hydrogen-bond donors (Lipinski definition) is 5. The molecular weight excluding hydrogens is 757 g/mol. The van der Waals surface area contributed by atoms with Crippen molar-refractivity contribution < 1.29 is 28.4 Å². The monoisotopic (exact) mass is 807 g/mol. The van der Waals surface area contributed by atoms with Crippen LogP contribution in [0.25, 0.3) is 10.9 Å². The molecule has 6 aromatic rings. The van der Waals surface area contributed by atoms with Gasteiger partial charge in [0, 0.05) is 71.3 Å². The number of pyridine rings is 5. The summed E-state index contributed by atoms with van der Waals surface area (Å²) in [4.78, 5) is 33.8. The maximum atomic E-state index is 12.8. The second-order valence-electron chi connectivity index (χ2n) is 13.3. The first kappa shape index (κ1) is 49.3. The molecule has 1 aliphatic heterocycles. The number of carbonyl (C=O) groups is 1. The average molecular weight is 808 g/mol. The minimum atomic E-state index is -0.199. The summed E-state index contributed by atoms with van der Waals surface area (Å²) in [6.45, 7) is 11.2. The van der Waals surface area contributed by atoms with Crippen LogP contribution in [0.5, 0.6) is 0 Å². The Kier molecular flexibility index (Phi) is 20.1. The van der Waals surface area contributed by atoms with Crippen LogP contribution in [0.1, 0.15) is 88.1 Å². The van der Waals surface area contributed by atoms with Crippen LogP contribution in [0.4, 0.5) is 17.5 Å². The van der Waals surface area contributed by atoms with Crippen molar-refractivity contribution in [2.45, 2.75) is 59.9 Å². The number of carbonyl (C=O) groups excluding carboxylic acids is 1. The van der Waals surface area contributed by atoms with E-state index in [0.717, 1.165) is 57.9 Å². The second kappa shape index (κ2) is 24.1. The SMILES string of the molecule is C1CCOC1.CC(=N)c1ccc(N)nc1C.Cc1nc(N)ccc1C#N.Cc1nc(N)ccc1C(C)NC(=O)c1ccnc(Cc2ccc3ncc(Cl)cc3c2)c1.[CH3-].[Li+]. The van der Waals surface area contributed by atoms with Gasteiger partial charge in [-0.2, -0.15) is 5.26 Å². The van der Waals surface area contributed by atoms with Gasteiger partial charge >= 0.3 is 18.9 Å². The van der Waals surface area contributed by atoms with Gasteiger partial charge in [-0.25, -0.2) is 15.0 Å². The van der Waals surface area contributed by atoms with E-state index < -0.39 is 0 Å². The Morgan fingerprint density at radius 2 is 1.51 bits per heavy atom. The summed E-state index contributed by atoms with van der Waals surface area (Å²) in [7, 11) is 0. The Hall–Kier alpha value is -5.89. The number of nitriles is 1. The number of nitrogen functional groups attached to an aromatic ring is 3. The number of nitrogens with zero attached hydrogens (tertiary/aromatic N) is 6. The van der Waals surface area contributed by atoms with Crippen LogP contribution in [-0.2, 0) is 11.2 Å². The minimum absolute atomic E-state index is 0. The number of benzene rings is 1. The summed E-state index contributed by atoms with van der Waals surface area (Å²) in [5.74, 6) is 1.26. The van der Waals surface area contributed by atoms with Crippen molar-refractivity contribution in [1.82, 2.24) is 30.2 Å². The number of fused-ring (bicyclic) bond motifs is 1. The molecule has 15 heteroatoms. The summed E-state index contributed by atoms with van der Waals surface area (Å²) in [6, 6.07) is 23.7. The zero-order chi connectivity index (χ0) is 41.5. The normalized spacial score (nSPS) is 11.6. The fraction of sp³-hybridized carbons (Fsp3) is 0.250. The first-order valence-electron chi connectivity index (χ1n) is 18.3. The summed E-state index contributed by atoms with van der Waals surface area (Å²) in [6.07, 6.45) is 6.45. The van der Waals surface area contributed by atoms with Crippen molar-refractivity contribution >= 4 is 51.6 Å². The molecule has 0 aliphatic carbocycles. The van der Waals surface area contributed by atoms with Crippen molar-refractivity contribution in [3.05, 3.63) is 148 Å². The van der Waals surface area contributed by atoms with E-state index in [1.807, 2.05) is 69.3 Å². The molecule has 0 saturated carbocycles. The third kappa shape index (κ3) is 15.4. The number of nitrogens with two attached hydrogens (primary N) is 3. The molecule has 1 atom stereocenters. The smallest absolute Gasteiger partial charge is 0.384 e. The molecule has 0 spiro atoms. The largest absolute Gasteiger partial charge is 1.00 e. The van der Waals surface area contributed by atoms with Gasteiger partial charge in [-0.1, -0.05) is 23.7 Å². The average Bonchev–Trinajstić information content (AvgIpc) is 3.76. The standard InChI is InChI=1S/C24H22ClN5O.C8H11N3.C7H7N3.C4H8O.CH3.Li/c1-14-21(4-6-23(26)29-14)15(2)30-24(31)17-7-8-27-20(12-17)10-16-3-5-22-18(9-16)11-19(25)13-28-22;1-5(9)7-3-4-8(10)11-6(7)2;1-5-6(4-8)2-3-7(9)10-5;1-2-4-5-3-1;;/h3-9,11-13,15H,10H2,1-2H3,(H2,26,29)(H,30,31);3-4,9H,1-2H3,(H2,10,11);2-3H,1H3,(H2,9,10);1-4H2;1H3;/q;;;;-1;+1. The number of nitrogens with one attached hydrogen (secondary N) is 2. The summed E-state index contributed by atoms with van der Waals surface area (Å²) >= 11 is 6.06. The van der Waals surface area contributed by atoms with Gasteiger partial charge in [0.1, 0.15) is 23.5 Å². The quantitative estimate of drug-likeness (QED) is 0.0844. The van der Waals surface area contributed by atoms with Crippen LogP contribution in [0.15, 0.2) is 85.2 Å². The van der Waals surface area contributed by atoms with Crippen molar-refractivity contribution in [2.24, 2.45) is 0 Å². The predicted octanol–water partition coefficient (Wildman–Crippen LogP) is 5.11. The van der Waals surface area contributed by atoms with Gasteiger partial charge in [0.2, 0.25) is 0 Å². The molecule has 1 amide bonds. The van der Waals surface area contributed by atoms with Crippen LogP contribution in [0, 0.1) is 44.9 Å². The topological polar surface area (TPSA) is 228 Å². The Labute approximate surface area is 363 Å². The summed E-state index contributed by atoms with van der Waals surface area (Å²) in [5.41, 5.74) is 25.0. The van der Waals surface area contributed by atoms with Crippen molar-refractivity contribution in [1.29, 1.82) is 10.7 Å². The Morgan fingerprint density at radius 1 is 0.881 bits per heavy atom. The van der Waals surface area contributed by atoms with Crippen LogP contribution in [0.2, 0.25) is 5.02 Å². The molecule has 1 unspecified atom stereocenters. The number of aromatic nitrogens is 5. The molecule has 1 aromatic carbocycles. The first-order valence-corrected chi connectivity index (χ1v) is 18.6. The van der Waals surface area contributed by atoms with Gasteiger partial charge < -0.3 is 40.1 Å². The summed E-state index contributed by atoms with van der Waals surface area (Å²) < 4.78 is 4.94. The molecule has 302 valence electrons. The third-order valence-electron chi connectivity index (χ3n) is 8.71. The number of aryl methyl sites for hydroxylation is 3. The molecular formula is C44H51ClLiN11O2. The molecule has 0 bridgehead atoms. The maximum Gasteiger partial charge on any atom is 1.00 e.